The molecule has 0 bridgehead atoms. The van der Waals surface area contributed by atoms with Crippen LogP contribution >= 0.6 is 27.5 Å². The minimum absolute atomic E-state index is 0.277. The van der Waals surface area contributed by atoms with Crippen molar-refractivity contribution in [3.8, 4) is 0 Å². The molecule has 1 aromatic rings. The molecule has 0 atom stereocenters. The summed E-state index contributed by atoms with van der Waals surface area (Å²) in [5, 5.41) is 2.72. The Morgan fingerprint density at radius 2 is 2.19 bits per heavy atom. The molecule has 0 aliphatic heterocycles. The van der Waals surface area contributed by atoms with E-state index in [-0.39, 0.29) is 17.4 Å². The topological polar surface area (TPSA) is 29.1 Å². The summed E-state index contributed by atoms with van der Waals surface area (Å²) >= 11 is 8.71. The Labute approximate surface area is 107 Å². The number of rotatable bonds is 3. The molecule has 0 saturated heterocycles. The zero-order chi connectivity index (χ0) is 12.3. The number of carbonyl (C=O) groups is 1. The third kappa shape index (κ3) is 3.46. The molecule has 0 heterocycles. The lowest BCUT2D eigenvalue weighted by Crippen LogP contribution is -2.44. The van der Waals surface area contributed by atoms with Gasteiger partial charge in [0.2, 0.25) is 0 Å². The second-order valence-electron chi connectivity index (χ2n) is 4.10. The maximum atomic E-state index is 13.2. The molecular weight excluding hydrogens is 296 g/mol. The summed E-state index contributed by atoms with van der Waals surface area (Å²) < 4.78 is 13.5. The minimum Gasteiger partial charge on any atom is -0.346 e. The fraction of sp³-hybridized carbons (Fsp3) is 0.364. The van der Waals surface area contributed by atoms with Gasteiger partial charge in [0, 0.05) is 17.0 Å². The van der Waals surface area contributed by atoms with E-state index in [0.717, 1.165) is 0 Å². The first-order valence-corrected chi connectivity index (χ1v) is 6.02. The third-order valence-electron chi connectivity index (χ3n) is 1.97. The molecule has 2 nitrogen and oxygen atoms in total. The van der Waals surface area contributed by atoms with Crippen LogP contribution < -0.4 is 5.32 Å². The molecule has 0 unspecified atom stereocenters. The minimum atomic E-state index is -0.512. The molecule has 1 aromatic carbocycles. The van der Waals surface area contributed by atoms with Crippen LogP contribution in [-0.2, 0) is 0 Å². The number of hydrogen-bond acceptors (Lipinski definition) is 1. The standard InChI is InChI=1S/C11H12BrClFNO/c1-11(2,6-13)15-10(16)7-3-4-8(12)9(14)5-7/h3-5H,6H2,1-2H3,(H,15,16). The smallest absolute Gasteiger partial charge is 0.251 e. The van der Waals surface area contributed by atoms with Gasteiger partial charge in [0.15, 0.2) is 0 Å². The quantitative estimate of drug-likeness (QED) is 0.853. The van der Waals surface area contributed by atoms with Crippen LogP contribution in [0.15, 0.2) is 22.7 Å². The van der Waals surface area contributed by atoms with E-state index in [2.05, 4.69) is 21.2 Å². The van der Waals surface area contributed by atoms with E-state index < -0.39 is 11.4 Å². The summed E-state index contributed by atoms with van der Waals surface area (Å²) in [6, 6.07) is 4.23. The molecular formula is C11H12BrClFNO. The van der Waals surface area contributed by atoms with Crippen molar-refractivity contribution in [2.45, 2.75) is 19.4 Å². The van der Waals surface area contributed by atoms with Crippen molar-refractivity contribution in [3.05, 3.63) is 34.1 Å². The van der Waals surface area contributed by atoms with Crippen LogP contribution in [0.5, 0.6) is 0 Å². The summed E-state index contributed by atoms with van der Waals surface area (Å²) in [4.78, 5) is 11.7. The molecule has 0 aliphatic rings. The molecule has 1 amide bonds. The highest BCUT2D eigenvalue weighted by molar-refractivity contribution is 9.10. The first-order chi connectivity index (χ1) is 7.35. The zero-order valence-electron chi connectivity index (χ0n) is 8.98. The molecule has 0 spiro atoms. The van der Waals surface area contributed by atoms with Crippen molar-refractivity contribution < 1.29 is 9.18 Å². The van der Waals surface area contributed by atoms with Crippen molar-refractivity contribution in [1.29, 1.82) is 0 Å². The Morgan fingerprint density at radius 3 is 2.69 bits per heavy atom. The number of nitrogens with one attached hydrogen (secondary N) is 1. The Balaban J connectivity index is 2.85. The normalized spacial score (nSPS) is 11.3. The largest absolute Gasteiger partial charge is 0.346 e. The second kappa shape index (κ2) is 5.15. The van der Waals surface area contributed by atoms with Gasteiger partial charge in [-0.05, 0) is 48.0 Å². The molecule has 16 heavy (non-hydrogen) atoms. The van der Waals surface area contributed by atoms with Crippen LogP contribution in [-0.4, -0.2) is 17.3 Å². The van der Waals surface area contributed by atoms with Crippen molar-refractivity contribution in [1.82, 2.24) is 5.32 Å². The summed E-state index contributed by atoms with van der Waals surface area (Å²) in [6.45, 7) is 3.60. The lowest BCUT2D eigenvalue weighted by molar-refractivity contribution is 0.0920. The molecule has 0 radical (unpaired) electrons. The number of halogens is 3. The van der Waals surface area contributed by atoms with Gasteiger partial charge in [0.05, 0.1) is 4.47 Å². The number of hydrogen-bond donors (Lipinski definition) is 1. The van der Waals surface area contributed by atoms with Crippen LogP contribution in [0.3, 0.4) is 0 Å². The Kier molecular flexibility index (Phi) is 4.33. The molecule has 0 aliphatic carbocycles. The van der Waals surface area contributed by atoms with Crippen LogP contribution in [0.2, 0.25) is 0 Å². The van der Waals surface area contributed by atoms with Crippen molar-refractivity contribution >= 4 is 33.4 Å². The second-order valence-corrected chi connectivity index (χ2v) is 5.22. The zero-order valence-corrected chi connectivity index (χ0v) is 11.3. The maximum Gasteiger partial charge on any atom is 0.251 e. The first kappa shape index (κ1) is 13.5. The van der Waals surface area contributed by atoms with E-state index in [1.54, 1.807) is 19.9 Å². The molecule has 88 valence electrons. The highest BCUT2D eigenvalue weighted by Gasteiger charge is 2.20. The fourth-order valence-corrected chi connectivity index (χ4v) is 1.36. The van der Waals surface area contributed by atoms with Crippen molar-refractivity contribution in [2.75, 3.05) is 5.88 Å². The molecule has 0 saturated carbocycles. The van der Waals surface area contributed by atoms with E-state index in [4.69, 9.17) is 11.6 Å². The van der Waals surface area contributed by atoms with Gasteiger partial charge < -0.3 is 5.32 Å². The summed E-state index contributed by atoms with van der Waals surface area (Å²) in [5.74, 6) is -0.508. The van der Waals surface area contributed by atoms with Gasteiger partial charge in [-0.3, -0.25) is 4.79 Å². The van der Waals surface area contributed by atoms with Gasteiger partial charge in [-0.2, -0.15) is 0 Å². The number of carbonyl (C=O) groups excluding carboxylic acids is 1. The molecule has 1 N–H and O–H groups in total. The van der Waals surface area contributed by atoms with Crippen molar-refractivity contribution in [2.24, 2.45) is 0 Å². The predicted molar refractivity (Wildman–Crippen MR) is 66.4 cm³/mol. The van der Waals surface area contributed by atoms with Gasteiger partial charge in [0.1, 0.15) is 5.82 Å². The van der Waals surface area contributed by atoms with Crippen LogP contribution in [0, 0.1) is 5.82 Å². The van der Waals surface area contributed by atoms with Gasteiger partial charge in [-0.25, -0.2) is 4.39 Å². The average molecular weight is 309 g/mol. The summed E-state index contributed by atoms with van der Waals surface area (Å²) in [7, 11) is 0. The third-order valence-corrected chi connectivity index (χ3v) is 3.28. The predicted octanol–water partition coefficient (Wildman–Crippen LogP) is 3.34. The van der Waals surface area contributed by atoms with Crippen LogP contribution in [0.1, 0.15) is 24.2 Å². The fourth-order valence-electron chi connectivity index (χ4n) is 1.05. The van der Waals surface area contributed by atoms with E-state index in [0.29, 0.717) is 4.47 Å². The Morgan fingerprint density at radius 1 is 1.56 bits per heavy atom. The van der Waals surface area contributed by atoms with E-state index in [9.17, 15) is 9.18 Å². The summed E-state index contributed by atoms with van der Waals surface area (Å²) in [6.07, 6.45) is 0. The lowest BCUT2D eigenvalue weighted by Gasteiger charge is -2.23. The van der Waals surface area contributed by atoms with Crippen molar-refractivity contribution in [3.63, 3.8) is 0 Å². The number of benzene rings is 1. The number of amides is 1. The lowest BCUT2D eigenvalue weighted by atomic mass is 10.1. The summed E-state index contributed by atoms with van der Waals surface area (Å²) in [5.41, 5.74) is -0.235. The van der Waals surface area contributed by atoms with E-state index in [1.807, 2.05) is 0 Å². The molecule has 0 aromatic heterocycles. The Hall–Kier alpha value is -0.610. The monoisotopic (exact) mass is 307 g/mol. The maximum absolute atomic E-state index is 13.2. The molecule has 1 rings (SSSR count). The number of alkyl halides is 1. The van der Waals surface area contributed by atoms with Crippen LogP contribution in [0.25, 0.3) is 0 Å². The molecule has 5 heteroatoms. The molecule has 0 fully saturated rings. The Bertz CT molecular complexity index is 409. The van der Waals surface area contributed by atoms with E-state index in [1.165, 1.54) is 12.1 Å². The first-order valence-electron chi connectivity index (χ1n) is 4.69. The van der Waals surface area contributed by atoms with E-state index >= 15 is 0 Å². The highest BCUT2D eigenvalue weighted by atomic mass is 79.9. The SMILES string of the molecule is CC(C)(CCl)NC(=O)c1ccc(Br)c(F)c1. The van der Waals surface area contributed by atoms with Gasteiger partial charge in [0.25, 0.3) is 5.91 Å². The van der Waals surface area contributed by atoms with Crippen LogP contribution in [0.4, 0.5) is 4.39 Å². The van der Waals surface area contributed by atoms with Gasteiger partial charge in [-0.1, -0.05) is 0 Å². The van der Waals surface area contributed by atoms with Gasteiger partial charge >= 0.3 is 0 Å². The highest BCUT2D eigenvalue weighted by Crippen LogP contribution is 2.17. The average Bonchev–Trinajstić information content (AvgIpc) is 2.21. The van der Waals surface area contributed by atoms with Gasteiger partial charge in [-0.15, -0.1) is 11.6 Å².